The average Bonchev–Trinajstić information content (AvgIpc) is 2.87. The Morgan fingerprint density at radius 3 is 2.32 bits per heavy atom. The van der Waals surface area contributed by atoms with Crippen LogP contribution in [0, 0.1) is 0 Å². The van der Waals surface area contributed by atoms with Crippen molar-refractivity contribution in [3.8, 4) is 0 Å². The molecule has 2 rings (SSSR count). The monoisotopic (exact) mass is 291 g/mol. The van der Waals surface area contributed by atoms with Crippen molar-refractivity contribution in [2.75, 3.05) is 40.3 Å². The SMILES string of the molecule is CN(C)S(=O)(=O)N1CCC(N2CCC[C@@H]2CO)CC1. The van der Waals surface area contributed by atoms with Gasteiger partial charge in [-0.1, -0.05) is 0 Å². The molecule has 0 spiro atoms. The minimum Gasteiger partial charge on any atom is -0.395 e. The van der Waals surface area contributed by atoms with Crippen LogP contribution in [0.2, 0.25) is 0 Å². The quantitative estimate of drug-likeness (QED) is 0.773. The third kappa shape index (κ3) is 3.11. The zero-order valence-electron chi connectivity index (χ0n) is 11.8. The van der Waals surface area contributed by atoms with E-state index in [9.17, 15) is 13.5 Å². The van der Waals surface area contributed by atoms with Gasteiger partial charge >= 0.3 is 0 Å². The first-order chi connectivity index (χ1) is 8.96. The van der Waals surface area contributed by atoms with Gasteiger partial charge in [-0.25, -0.2) is 0 Å². The molecule has 6 nitrogen and oxygen atoms in total. The molecule has 7 heteroatoms. The van der Waals surface area contributed by atoms with Gasteiger partial charge < -0.3 is 5.11 Å². The molecule has 0 amide bonds. The zero-order chi connectivity index (χ0) is 14.0. The minimum atomic E-state index is -3.27. The molecule has 0 unspecified atom stereocenters. The van der Waals surface area contributed by atoms with Gasteiger partial charge in [0.05, 0.1) is 6.61 Å². The lowest BCUT2D eigenvalue weighted by molar-refractivity contribution is 0.0890. The Morgan fingerprint density at radius 1 is 1.16 bits per heavy atom. The molecule has 1 N–H and O–H groups in total. The Kier molecular flexibility index (Phi) is 4.84. The third-order valence-corrected chi connectivity index (χ3v) is 6.25. The van der Waals surface area contributed by atoms with E-state index in [2.05, 4.69) is 4.90 Å². The molecule has 0 aromatic heterocycles. The summed E-state index contributed by atoms with van der Waals surface area (Å²) < 4.78 is 26.9. The van der Waals surface area contributed by atoms with Crippen LogP contribution in [-0.4, -0.2) is 79.5 Å². The molecule has 0 aromatic rings. The fourth-order valence-corrected chi connectivity index (χ4v) is 4.30. The average molecular weight is 291 g/mol. The second-order valence-corrected chi connectivity index (χ2v) is 7.78. The standard InChI is InChI=1S/C12H25N3O3S/c1-13(2)19(17,18)14-8-5-11(6-9-14)15-7-3-4-12(15)10-16/h11-12,16H,3-10H2,1-2H3/t12-/m1/s1. The van der Waals surface area contributed by atoms with Gasteiger partial charge in [-0.05, 0) is 32.2 Å². The lowest BCUT2D eigenvalue weighted by Crippen LogP contribution is -2.50. The maximum Gasteiger partial charge on any atom is 0.281 e. The Labute approximate surface area is 116 Å². The van der Waals surface area contributed by atoms with E-state index in [0.717, 1.165) is 32.2 Å². The molecule has 0 aliphatic carbocycles. The van der Waals surface area contributed by atoms with Crippen molar-refractivity contribution in [2.24, 2.45) is 0 Å². The molecule has 0 saturated carbocycles. The molecule has 112 valence electrons. The van der Waals surface area contributed by atoms with Crippen molar-refractivity contribution in [1.82, 2.24) is 13.5 Å². The maximum atomic E-state index is 12.0. The van der Waals surface area contributed by atoms with Gasteiger partial charge in [-0.3, -0.25) is 4.90 Å². The molecule has 2 aliphatic rings. The van der Waals surface area contributed by atoms with Crippen molar-refractivity contribution in [3.63, 3.8) is 0 Å². The second kappa shape index (κ2) is 6.05. The Balaban J connectivity index is 1.93. The summed E-state index contributed by atoms with van der Waals surface area (Å²) >= 11 is 0. The second-order valence-electron chi connectivity index (χ2n) is 5.64. The van der Waals surface area contributed by atoms with E-state index < -0.39 is 10.2 Å². The van der Waals surface area contributed by atoms with E-state index in [0.29, 0.717) is 19.1 Å². The van der Waals surface area contributed by atoms with E-state index >= 15 is 0 Å². The van der Waals surface area contributed by atoms with Crippen LogP contribution in [-0.2, 0) is 10.2 Å². The van der Waals surface area contributed by atoms with Crippen molar-refractivity contribution in [3.05, 3.63) is 0 Å². The van der Waals surface area contributed by atoms with E-state index in [1.54, 1.807) is 18.4 Å². The minimum absolute atomic E-state index is 0.218. The maximum absolute atomic E-state index is 12.0. The highest BCUT2D eigenvalue weighted by Crippen LogP contribution is 2.26. The number of likely N-dealkylation sites (tertiary alicyclic amines) is 1. The molecular weight excluding hydrogens is 266 g/mol. The number of nitrogens with zero attached hydrogens (tertiary/aromatic N) is 3. The van der Waals surface area contributed by atoms with Gasteiger partial charge in [-0.15, -0.1) is 0 Å². The van der Waals surface area contributed by atoms with E-state index in [-0.39, 0.29) is 12.6 Å². The lowest BCUT2D eigenvalue weighted by Gasteiger charge is -2.39. The number of piperidine rings is 1. The number of hydrogen-bond donors (Lipinski definition) is 1. The highest BCUT2D eigenvalue weighted by Gasteiger charge is 2.35. The highest BCUT2D eigenvalue weighted by atomic mass is 32.2. The molecular formula is C12H25N3O3S. The molecule has 2 fully saturated rings. The summed E-state index contributed by atoms with van der Waals surface area (Å²) in [5.41, 5.74) is 0. The predicted octanol–water partition coefficient (Wildman–Crippen LogP) is -0.286. The summed E-state index contributed by atoms with van der Waals surface area (Å²) in [6.07, 6.45) is 3.93. The summed E-state index contributed by atoms with van der Waals surface area (Å²) in [7, 11) is -0.121. The Morgan fingerprint density at radius 2 is 1.79 bits per heavy atom. The lowest BCUT2D eigenvalue weighted by atomic mass is 10.0. The zero-order valence-corrected chi connectivity index (χ0v) is 12.6. The molecule has 0 aromatic carbocycles. The number of aliphatic hydroxyl groups is 1. The van der Waals surface area contributed by atoms with Crippen molar-refractivity contribution in [2.45, 2.75) is 37.8 Å². The Hall–Kier alpha value is -0.210. The first-order valence-corrected chi connectivity index (χ1v) is 8.40. The first kappa shape index (κ1) is 15.2. The summed E-state index contributed by atoms with van der Waals surface area (Å²) in [5, 5.41) is 9.37. The largest absolute Gasteiger partial charge is 0.395 e. The van der Waals surface area contributed by atoms with E-state index in [1.165, 1.54) is 4.31 Å². The van der Waals surface area contributed by atoms with Crippen molar-refractivity contribution >= 4 is 10.2 Å². The number of rotatable bonds is 4. The van der Waals surface area contributed by atoms with Gasteiger partial charge in [0.15, 0.2) is 0 Å². The van der Waals surface area contributed by atoms with E-state index in [4.69, 9.17) is 0 Å². The molecule has 2 aliphatic heterocycles. The fraction of sp³-hybridized carbons (Fsp3) is 1.00. The normalized spacial score (nSPS) is 28.3. The first-order valence-electron chi connectivity index (χ1n) is 7.01. The highest BCUT2D eigenvalue weighted by molar-refractivity contribution is 7.86. The summed E-state index contributed by atoms with van der Waals surface area (Å²) in [6.45, 7) is 2.42. The van der Waals surface area contributed by atoms with Crippen LogP contribution in [0.4, 0.5) is 0 Å². The van der Waals surface area contributed by atoms with Gasteiger partial charge in [0.1, 0.15) is 0 Å². The predicted molar refractivity (Wildman–Crippen MR) is 74.0 cm³/mol. The fourth-order valence-electron chi connectivity index (χ4n) is 3.17. The van der Waals surface area contributed by atoms with Crippen LogP contribution in [0.3, 0.4) is 0 Å². The summed E-state index contributed by atoms with van der Waals surface area (Å²) in [4.78, 5) is 2.37. The molecule has 1 atom stereocenters. The molecule has 0 radical (unpaired) electrons. The molecule has 0 bridgehead atoms. The summed E-state index contributed by atoms with van der Waals surface area (Å²) in [6, 6.07) is 0.704. The molecule has 2 saturated heterocycles. The van der Waals surface area contributed by atoms with Crippen LogP contribution >= 0.6 is 0 Å². The number of aliphatic hydroxyl groups excluding tert-OH is 1. The van der Waals surface area contributed by atoms with Gasteiger partial charge in [0.25, 0.3) is 10.2 Å². The van der Waals surface area contributed by atoms with Crippen molar-refractivity contribution in [1.29, 1.82) is 0 Å². The van der Waals surface area contributed by atoms with Gasteiger partial charge in [0.2, 0.25) is 0 Å². The van der Waals surface area contributed by atoms with Crippen LogP contribution in [0.15, 0.2) is 0 Å². The molecule has 2 heterocycles. The van der Waals surface area contributed by atoms with Crippen LogP contribution in [0.25, 0.3) is 0 Å². The van der Waals surface area contributed by atoms with E-state index in [1.807, 2.05) is 0 Å². The summed E-state index contributed by atoms with van der Waals surface area (Å²) in [5.74, 6) is 0. The molecule has 19 heavy (non-hydrogen) atoms. The Bertz CT molecular complexity index is 391. The van der Waals surface area contributed by atoms with Crippen molar-refractivity contribution < 1.29 is 13.5 Å². The number of hydrogen-bond acceptors (Lipinski definition) is 4. The van der Waals surface area contributed by atoms with Gasteiger partial charge in [0, 0.05) is 39.3 Å². The smallest absolute Gasteiger partial charge is 0.281 e. The van der Waals surface area contributed by atoms with Crippen LogP contribution in [0.5, 0.6) is 0 Å². The van der Waals surface area contributed by atoms with Crippen LogP contribution < -0.4 is 0 Å². The van der Waals surface area contributed by atoms with Crippen LogP contribution in [0.1, 0.15) is 25.7 Å². The third-order valence-electron chi connectivity index (χ3n) is 4.31. The topological polar surface area (TPSA) is 64.1 Å². The van der Waals surface area contributed by atoms with Gasteiger partial charge in [-0.2, -0.15) is 17.0 Å².